The van der Waals surface area contributed by atoms with Crippen LogP contribution in [0.4, 0.5) is 0 Å². The Bertz CT molecular complexity index is 76.1. The Morgan fingerprint density at radius 3 is 2.29 bits per heavy atom. The second-order valence-corrected chi connectivity index (χ2v) is 1.28. The molecule has 0 aromatic rings. The van der Waals surface area contributed by atoms with E-state index in [2.05, 4.69) is 0 Å². The summed E-state index contributed by atoms with van der Waals surface area (Å²) in [6.45, 7) is 1.92. The lowest BCUT2D eigenvalue weighted by atomic mass is 10.7. The van der Waals surface area contributed by atoms with Gasteiger partial charge in [0.15, 0.2) is 0 Å². The Morgan fingerprint density at radius 2 is 2.14 bits per heavy atom. The summed E-state index contributed by atoms with van der Waals surface area (Å²) in [6, 6.07) is 0. The summed E-state index contributed by atoms with van der Waals surface area (Å²) in [6.07, 6.45) is 4.94. The Kier molecular flexibility index (Phi) is 3.02. The monoisotopic (exact) mass is 98.1 g/mol. The molecular formula is C5H10N2. The van der Waals surface area contributed by atoms with E-state index in [9.17, 15) is 0 Å². The quantitative estimate of drug-likeness (QED) is 0.405. The van der Waals surface area contributed by atoms with Crippen LogP contribution in [0.5, 0.6) is 0 Å². The van der Waals surface area contributed by atoms with Crippen LogP contribution in [0, 0.1) is 5.41 Å². The molecule has 7 heavy (non-hydrogen) atoms. The number of allylic oxidation sites excluding steroid dienone is 1. The van der Waals surface area contributed by atoms with E-state index >= 15 is 0 Å². The number of hydrogen-bond donors (Lipinski definition) is 1. The Morgan fingerprint density at radius 1 is 1.57 bits per heavy atom. The van der Waals surface area contributed by atoms with Gasteiger partial charge in [-0.25, -0.2) is 0 Å². The van der Waals surface area contributed by atoms with Gasteiger partial charge in [-0.2, -0.15) is 0 Å². The second-order valence-electron chi connectivity index (χ2n) is 1.28. The maximum absolute atomic E-state index is 6.66. The topological polar surface area (TPSA) is 27.1 Å². The van der Waals surface area contributed by atoms with Crippen LogP contribution in [0.25, 0.3) is 0 Å². The van der Waals surface area contributed by atoms with Crippen molar-refractivity contribution < 1.29 is 0 Å². The molecule has 40 valence electrons. The van der Waals surface area contributed by atoms with Gasteiger partial charge >= 0.3 is 0 Å². The molecule has 2 nitrogen and oxygen atoms in total. The number of rotatable bonds is 2. The third-order valence-corrected chi connectivity index (χ3v) is 0.588. The standard InChI is InChI=1S/C5H10N2/c1-3-4-7(2)5-6/h3-6H,1-2H3/b4-3-,6-5?. The molecule has 0 spiro atoms. The highest BCUT2D eigenvalue weighted by molar-refractivity contribution is 5.51. The fourth-order valence-electron chi connectivity index (χ4n) is 0.278. The zero-order valence-electron chi connectivity index (χ0n) is 4.68. The molecule has 0 amide bonds. The molecule has 0 rings (SSSR count). The summed E-state index contributed by atoms with van der Waals surface area (Å²) in [5, 5.41) is 6.66. The van der Waals surface area contributed by atoms with E-state index in [4.69, 9.17) is 5.41 Å². The summed E-state index contributed by atoms with van der Waals surface area (Å²) in [5.74, 6) is 0. The molecule has 0 saturated carbocycles. The summed E-state index contributed by atoms with van der Waals surface area (Å²) < 4.78 is 0. The smallest absolute Gasteiger partial charge is 0.0854 e. The number of nitrogens with zero attached hydrogens (tertiary/aromatic N) is 1. The minimum Gasteiger partial charge on any atom is -0.343 e. The van der Waals surface area contributed by atoms with Crippen LogP contribution in [-0.2, 0) is 0 Å². The van der Waals surface area contributed by atoms with E-state index in [1.807, 2.05) is 26.2 Å². The summed E-state index contributed by atoms with van der Waals surface area (Å²) >= 11 is 0. The minimum absolute atomic E-state index is 1.25. The van der Waals surface area contributed by atoms with Crippen LogP contribution in [0.3, 0.4) is 0 Å². The molecule has 0 saturated heterocycles. The van der Waals surface area contributed by atoms with E-state index in [0.717, 1.165) is 0 Å². The molecule has 0 bridgehead atoms. The van der Waals surface area contributed by atoms with Gasteiger partial charge in [-0.15, -0.1) is 0 Å². The summed E-state index contributed by atoms with van der Waals surface area (Å²) in [4.78, 5) is 1.67. The molecule has 0 fully saturated rings. The van der Waals surface area contributed by atoms with E-state index in [1.54, 1.807) is 4.90 Å². The molecule has 0 aliphatic rings. The molecule has 0 aliphatic heterocycles. The van der Waals surface area contributed by atoms with Crippen LogP contribution in [0.15, 0.2) is 12.3 Å². The number of hydrogen-bond acceptors (Lipinski definition) is 1. The summed E-state index contributed by atoms with van der Waals surface area (Å²) in [5.41, 5.74) is 0. The van der Waals surface area contributed by atoms with Crippen molar-refractivity contribution in [3.8, 4) is 0 Å². The van der Waals surface area contributed by atoms with E-state index in [0.29, 0.717) is 0 Å². The van der Waals surface area contributed by atoms with Crippen molar-refractivity contribution in [2.45, 2.75) is 6.92 Å². The van der Waals surface area contributed by atoms with Gasteiger partial charge in [0.05, 0.1) is 6.34 Å². The molecule has 2 heteroatoms. The largest absolute Gasteiger partial charge is 0.343 e. The van der Waals surface area contributed by atoms with Gasteiger partial charge in [0.25, 0.3) is 0 Å². The fraction of sp³-hybridized carbons (Fsp3) is 0.400. The van der Waals surface area contributed by atoms with Gasteiger partial charge < -0.3 is 4.90 Å². The van der Waals surface area contributed by atoms with Gasteiger partial charge in [-0.1, -0.05) is 6.08 Å². The van der Waals surface area contributed by atoms with Crippen molar-refractivity contribution in [3.63, 3.8) is 0 Å². The van der Waals surface area contributed by atoms with Crippen molar-refractivity contribution in [2.24, 2.45) is 0 Å². The molecule has 0 heterocycles. The molecule has 0 unspecified atom stereocenters. The molecule has 0 radical (unpaired) electrons. The van der Waals surface area contributed by atoms with Crippen LogP contribution >= 0.6 is 0 Å². The maximum atomic E-state index is 6.66. The first-order valence-electron chi connectivity index (χ1n) is 2.16. The zero-order valence-corrected chi connectivity index (χ0v) is 4.68. The van der Waals surface area contributed by atoms with Gasteiger partial charge in [0.1, 0.15) is 0 Å². The first-order chi connectivity index (χ1) is 3.31. The predicted molar refractivity (Wildman–Crippen MR) is 31.4 cm³/mol. The first-order valence-corrected chi connectivity index (χ1v) is 2.16. The lowest BCUT2D eigenvalue weighted by Crippen LogP contribution is -2.04. The van der Waals surface area contributed by atoms with E-state index < -0.39 is 0 Å². The van der Waals surface area contributed by atoms with Crippen molar-refractivity contribution >= 4 is 6.34 Å². The molecule has 0 aromatic carbocycles. The average Bonchev–Trinajstić information content (AvgIpc) is 1.68. The van der Waals surface area contributed by atoms with Crippen LogP contribution in [0.1, 0.15) is 6.92 Å². The second kappa shape index (κ2) is 3.40. The normalized spacial score (nSPS) is 9.43. The van der Waals surface area contributed by atoms with Crippen molar-refractivity contribution in [1.29, 1.82) is 5.41 Å². The van der Waals surface area contributed by atoms with Gasteiger partial charge in [0, 0.05) is 13.2 Å². The predicted octanol–water partition coefficient (Wildman–Crippen LogP) is 1.06. The Labute approximate surface area is 44.0 Å². The van der Waals surface area contributed by atoms with Crippen molar-refractivity contribution in [3.05, 3.63) is 12.3 Å². The third kappa shape index (κ3) is 3.03. The lowest BCUT2D eigenvalue weighted by Gasteiger charge is -2.00. The fourth-order valence-corrected chi connectivity index (χ4v) is 0.278. The first kappa shape index (κ1) is 6.21. The SMILES string of the molecule is C/C=C\N(C)C=N. The van der Waals surface area contributed by atoms with Gasteiger partial charge in [-0.3, -0.25) is 5.41 Å². The maximum Gasteiger partial charge on any atom is 0.0854 e. The number of nitrogens with one attached hydrogen (secondary N) is 1. The molecule has 0 atom stereocenters. The lowest BCUT2D eigenvalue weighted by molar-refractivity contribution is 0.704. The highest BCUT2D eigenvalue weighted by Gasteiger charge is 1.73. The summed E-state index contributed by atoms with van der Waals surface area (Å²) in [7, 11) is 1.81. The van der Waals surface area contributed by atoms with Gasteiger partial charge in [0.2, 0.25) is 0 Å². The minimum atomic E-state index is 1.25. The van der Waals surface area contributed by atoms with Crippen LogP contribution in [-0.4, -0.2) is 18.3 Å². The highest BCUT2D eigenvalue weighted by Crippen LogP contribution is 1.74. The van der Waals surface area contributed by atoms with E-state index in [1.165, 1.54) is 6.34 Å². The van der Waals surface area contributed by atoms with Crippen molar-refractivity contribution in [1.82, 2.24) is 4.90 Å². The Balaban J connectivity index is 3.35. The molecule has 0 aromatic heterocycles. The van der Waals surface area contributed by atoms with Crippen LogP contribution < -0.4 is 0 Å². The third-order valence-electron chi connectivity index (χ3n) is 0.588. The molecular weight excluding hydrogens is 88.1 g/mol. The highest BCUT2D eigenvalue weighted by atomic mass is 15.1. The average molecular weight is 98.1 g/mol. The van der Waals surface area contributed by atoms with Crippen molar-refractivity contribution in [2.75, 3.05) is 7.05 Å². The zero-order chi connectivity index (χ0) is 5.70. The molecule has 0 aliphatic carbocycles. The van der Waals surface area contributed by atoms with E-state index in [-0.39, 0.29) is 0 Å². The van der Waals surface area contributed by atoms with Crippen LogP contribution in [0.2, 0.25) is 0 Å². The Hall–Kier alpha value is -0.790. The van der Waals surface area contributed by atoms with Gasteiger partial charge in [-0.05, 0) is 6.92 Å². The molecule has 1 N–H and O–H groups in total.